The van der Waals surface area contributed by atoms with Gasteiger partial charge in [0.25, 0.3) is 0 Å². The average molecular weight is 479 g/mol. The van der Waals surface area contributed by atoms with E-state index in [1.54, 1.807) is 0 Å². The molecule has 3 aromatic carbocycles. The molecule has 0 amide bonds. The number of ether oxygens (including phenoxy) is 4. The van der Waals surface area contributed by atoms with Gasteiger partial charge in [-0.15, -0.1) is 11.8 Å². The average Bonchev–Trinajstić information content (AvgIpc) is 2.89. The Morgan fingerprint density at radius 3 is 1.82 bits per heavy atom. The zero-order valence-electron chi connectivity index (χ0n) is 19.8. The molecule has 1 saturated heterocycles. The Bertz CT molecular complexity index is 938. The van der Waals surface area contributed by atoms with Crippen LogP contribution in [0.4, 0.5) is 0 Å². The molecule has 180 valence electrons. The van der Waals surface area contributed by atoms with E-state index in [2.05, 4.69) is 43.3 Å². The molecule has 0 aliphatic carbocycles. The van der Waals surface area contributed by atoms with E-state index in [9.17, 15) is 0 Å². The Morgan fingerprint density at radius 1 is 0.735 bits per heavy atom. The molecule has 0 saturated carbocycles. The Balaban J connectivity index is 1.46. The van der Waals surface area contributed by atoms with Crippen LogP contribution in [-0.2, 0) is 38.8 Å². The lowest BCUT2D eigenvalue weighted by atomic mass is 10.0. The van der Waals surface area contributed by atoms with Crippen LogP contribution in [0.2, 0.25) is 0 Å². The number of thioether (sulfide) groups is 1. The Hall–Kier alpha value is -2.15. The van der Waals surface area contributed by atoms with E-state index in [-0.39, 0.29) is 23.7 Å². The molecule has 4 rings (SSSR count). The monoisotopic (exact) mass is 478 g/mol. The molecule has 5 heteroatoms. The maximum Gasteiger partial charge on any atom is 0.113 e. The number of hydrogen-bond acceptors (Lipinski definition) is 5. The Morgan fingerprint density at radius 2 is 1.26 bits per heavy atom. The summed E-state index contributed by atoms with van der Waals surface area (Å²) in [5.41, 5.74) is 3.51. The van der Waals surface area contributed by atoms with E-state index in [4.69, 9.17) is 18.9 Å². The van der Waals surface area contributed by atoms with E-state index in [0.717, 1.165) is 28.9 Å². The fourth-order valence-corrected chi connectivity index (χ4v) is 5.03. The van der Waals surface area contributed by atoms with Crippen LogP contribution in [0.1, 0.15) is 30.0 Å². The molecule has 0 unspecified atom stereocenters. The zero-order chi connectivity index (χ0) is 23.4. The third kappa shape index (κ3) is 7.69. The first kappa shape index (κ1) is 25.0. The van der Waals surface area contributed by atoms with Gasteiger partial charge in [-0.3, -0.25) is 0 Å². The van der Waals surface area contributed by atoms with E-state index >= 15 is 0 Å². The van der Waals surface area contributed by atoms with E-state index < -0.39 is 0 Å². The van der Waals surface area contributed by atoms with Crippen molar-refractivity contribution in [3.05, 3.63) is 108 Å². The SMILES string of the molecule is CCS[C@H]1C[C@@H](OCc2ccccc2)[C@@H](OCc2ccccc2)[C@@H](COCc2ccccc2)O1. The topological polar surface area (TPSA) is 36.9 Å². The fourth-order valence-electron chi connectivity index (χ4n) is 4.11. The molecule has 0 bridgehead atoms. The summed E-state index contributed by atoms with van der Waals surface area (Å²) in [7, 11) is 0. The van der Waals surface area contributed by atoms with Gasteiger partial charge in [0.05, 0.1) is 32.5 Å². The molecule has 4 atom stereocenters. The molecule has 3 aromatic rings. The first-order chi connectivity index (χ1) is 16.8. The summed E-state index contributed by atoms with van der Waals surface area (Å²) >= 11 is 1.81. The van der Waals surface area contributed by atoms with Crippen molar-refractivity contribution >= 4 is 11.8 Å². The lowest BCUT2D eigenvalue weighted by Gasteiger charge is -2.41. The first-order valence-electron chi connectivity index (χ1n) is 12.0. The van der Waals surface area contributed by atoms with Crippen molar-refractivity contribution in [2.45, 2.75) is 56.9 Å². The van der Waals surface area contributed by atoms with Crippen molar-refractivity contribution in [1.29, 1.82) is 0 Å². The minimum absolute atomic E-state index is 0.0627. The van der Waals surface area contributed by atoms with Gasteiger partial charge in [0, 0.05) is 6.42 Å². The van der Waals surface area contributed by atoms with Gasteiger partial charge in [0.15, 0.2) is 0 Å². The highest BCUT2D eigenvalue weighted by atomic mass is 32.2. The maximum atomic E-state index is 6.48. The molecule has 0 N–H and O–H groups in total. The third-order valence-electron chi connectivity index (χ3n) is 5.82. The second kappa shape index (κ2) is 13.7. The highest BCUT2D eigenvalue weighted by molar-refractivity contribution is 7.99. The molecule has 0 aromatic heterocycles. The minimum atomic E-state index is -0.214. The predicted octanol–water partition coefficient (Wildman–Crippen LogP) is 6.24. The van der Waals surface area contributed by atoms with Crippen molar-refractivity contribution in [1.82, 2.24) is 0 Å². The fraction of sp³-hybridized carbons (Fsp3) is 0.379. The lowest BCUT2D eigenvalue weighted by Crippen LogP contribution is -2.51. The molecule has 0 spiro atoms. The van der Waals surface area contributed by atoms with Crippen LogP contribution in [0.3, 0.4) is 0 Å². The van der Waals surface area contributed by atoms with Crippen LogP contribution in [0.5, 0.6) is 0 Å². The van der Waals surface area contributed by atoms with Crippen molar-refractivity contribution in [2.24, 2.45) is 0 Å². The van der Waals surface area contributed by atoms with Gasteiger partial charge < -0.3 is 18.9 Å². The highest BCUT2D eigenvalue weighted by Crippen LogP contribution is 2.32. The van der Waals surface area contributed by atoms with Crippen molar-refractivity contribution < 1.29 is 18.9 Å². The largest absolute Gasteiger partial charge is 0.374 e. The zero-order valence-corrected chi connectivity index (χ0v) is 20.6. The summed E-state index contributed by atoms with van der Waals surface area (Å²) in [6.07, 6.45) is 0.298. The number of benzene rings is 3. The van der Waals surface area contributed by atoms with Gasteiger partial charge in [0.1, 0.15) is 17.6 Å². The van der Waals surface area contributed by atoms with Crippen LogP contribution in [0, 0.1) is 0 Å². The molecule has 1 aliphatic rings. The molecule has 1 fully saturated rings. The maximum absolute atomic E-state index is 6.48. The van der Waals surface area contributed by atoms with E-state index in [1.165, 1.54) is 0 Å². The van der Waals surface area contributed by atoms with Gasteiger partial charge in [-0.2, -0.15) is 0 Å². The van der Waals surface area contributed by atoms with Crippen LogP contribution >= 0.6 is 11.8 Å². The smallest absolute Gasteiger partial charge is 0.113 e. The summed E-state index contributed by atoms with van der Waals surface area (Å²) in [4.78, 5) is 0. The predicted molar refractivity (Wildman–Crippen MR) is 138 cm³/mol. The molecule has 1 aliphatic heterocycles. The molecule has 1 heterocycles. The van der Waals surface area contributed by atoms with Gasteiger partial charge in [-0.25, -0.2) is 0 Å². The van der Waals surface area contributed by atoms with Gasteiger partial charge in [-0.05, 0) is 22.4 Å². The molecule has 34 heavy (non-hydrogen) atoms. The molecular weight excluding hydrogens is 444 g/mol. The minimum Gasteiger partial charge on any atom is -0.374 e. The van der Waals surface area contributed by atoms with Crippen molar-refractivity contribution in [3.8, 4) is 0 Å². The second-order valence-corrected chi connectivity index (χ2v) is 9.83. The lowest BCUT2D eigenvalue weighted by molar-refractivity contribution is -0.204. The van der Waals surface area contributed by atoms with Crippen LogP contribution in [0.15, 0.2) is 91.0 Å². The van der Waals surface area contributed by atoms with Crippen molar-refractivity contribution in [2.75, 3.05) is 12.4 Å². The molecule has 0 radical (unpaired) electrons. The van der Waals surface area contributed by atoms with Crippen molar-refractivity contribution in [3.63, 3.8) is 0 Å². The summed E-state index contributed by atoms with van der Waals surface area (Å²) in [5, 5.41) is 0. The molecular formula is C29H34O4S. The third-order valence-corrected chi connectivity index (χ3v) is 6.83. The quantitative estimate of drug-likeness (QED) is 0.308. The van der Waals surface area contributed by atoms with Crippen LogP contribution < -0.4 is 0 Å². The summed E-state index contributed by atoms with van der Waals surface area (Å²) in [6.45, 7) is 4.24. The summed E-state index contributed by atoms with van der Waals surface area (Å²) in [5.74, 6) is 0.989. The summed E-state index contributed by atoms with van der Waals surface area (Å²) < 4.78 is 25.5. The van der Waals surface area contributed by atoms with Gasteiger partial charge in [0.2, 0.25) is 0 Å². The first-order valence-corrected chi connectivity index (χ1v) is 13.1. The van der Waals surface area contributed by atoms with Crippen LogP contribution in [0.25, 0.3) is 0 Å². The standard InChI is InChI=1S/C29H34O4S/c1-2-34-28-18-26(31-20-24-14-8-4-9-15-24)29(32-21-25-16-10-5-11-17-25)27(33-28)22-30-19-23-12-6-3-7-13-23/h3-17,26-29H,2,18-22H2,1H3/t26-,27-,28+,29-/m1/s1. The number of rotatable bonds is 12. The second-order valence-electron chi connectivity index (χ2n) is 8.39. The van der Waals surface area contributed by atoms with Crippen LogP contribution in [-0.4, -0.2) is 36.1 Å². The Labute approximate surface area is 207 Å². The normalized spacial score (nSPS) is 22.5. The van der Waals surface area contributed by atoms with E-state index in [0.29, 0.717) is 26.4 Å². The summed E-state index contributed by atoms with van der Waals surface area (Å²) in [6, 6.07) is 30.8. The Kier molecular flexibility index (Phi) is 10.0. The van der Waals surface area contributed by atoms with E-state index in [1.807, 2.05) is 66.4 Å². The van der Waals surface area contributed by atoms with Gasteiger partial charge in [-0.1, -0.05) is 97.9 Å². The number of hydrogen-bond donors (Lipinski definition) is 0. The van der Waals surface area contributed by atoms with Gasteiger partial charge >= 0.3 is 0 Å². The highest BCUT2D eigenvalue weighted by Gasteiger charge is 2.40. The molecule has 4 nitrogen and oxygen atoms in total.